The molecule has 0 aliphatic rings. The van der Waals surface area contributed by atoms with Crippen LogP contribution in [0, 0.1) is 10.5 Å². The smallest absolute Gasteiger partial charge is 0.248 e. The van der Waals surface area contributed by atoms with Crippen molar-refractivity contribution in [2.45, 2.75) is 6.92 Å². The third-order valence-electron chi connectivity index (χ3n) is 3.30. The number of hydrogen-bond acceptors (Lipinski definition) is 3. The van der Waals surface area contributed by atoms with Gasteiger partial charge in [-0.1, -0.05) is 0 Å². The third kappa shape index (κ3) is 4.72. The first-order valence-corrected chi connectivity index (χ1v) is 8.08. The van der Waals surface area contributed by atoms with E-state index in [9.17, 15) is 4.79 Å². The van der Waals surface area contributed by atoms with Gasteiger partial charge in [-0.05, 0) is 71.5 Å². The fourth-order valence-electron chi connectivity index (χ4n) is 2.06. The van der Waals surface area contributed by atoms with E-state index in [4.69, 9.17) is 9.47 Å². The Labute approximate surface area is 149 Å². The highest BCUT2D eigenvalue weighted by atomic mass is 127. The van der Waals surface area contributed by atoms with Gasteiger partial charge in [0.15, 0.2) is 0 Å². The lowest BCUT2D eigenvalue weighted by Gasteiger charge is -2.08. The van der Waals surface area contributed by atoms with Gasteiger partial charge in [0.1, 0.15) is 11.5 Å². The molecule has 0 spiro atoms. The van der Waals surface area contributed by atoms with Crippen molar-refractivity contribution in [1.82, 2.24) is 0 Å². The van der Waals surface area contributed by atoms with Crippen LogP contribution in [0.5, 0.6) is 11.5 Å². The van der Waals surface area contributed by atoms with Gasteiger partial charge in [0, 0.05) is 27.0 Å². The highest BCUT2D eigenvalue weighted by molar-refractivity contribution is 14.1. The summed E-state index contributed by atoms with van der Waals surface area (Å²) >= 11 is 2.24. The minimum absolute atomic E-state index is 0.188. The van der Waals surface area contributed by atoms with Crippen molar-refractivity contribution < 1.29 is 14.3 Å². The highest BCUT2D eigenvalue weighted by Gasteiger charge is 2.05. The predicted molar refractivity (Wildman–Crippen MR) is 101 cm³/mol. The number of ether oxygens (including phenoxy) is 2. The average Bonchev–Trinajstić information content (AvgIpc) is 2.55. The van der Waals surface area contributed by atoms with Gasteiger partial charge in [0.25, 0.3) is 0 Å². The largest absolute Gasteiger partial charge is 0.497 e. The van der Waals surface area contributed by atoms with Gasteiger partial charge in [-0.3, -0.25) is 4.79 Å². The molecule has 5 heteroatoms. The molecule has 23 heavy (non-hydrogen) atoms. The molecule has 2 rings (SSSR count). The zero-order valence-corrected chi connectivity index (χ0v) is 15.4. The molecule has 2 aromatic rings. The van der Waals surface area contributed by atoms with Crippen LogP contribution in [-0.2, 0) is 4.79 Å². The Morgan fingerprint density at radius 1 is 1.13 bits per heavy atom. The molecule has 0 aliphatic carbocycles. The van der Waals surface area contributed by atoms with Gasteiger partial charge >= 0.3 is 0 Å². The number of carbonyl (C=O) groups excluding carboxylic acids is 1. The van der Waals surface area contributed by atoms with E-state index >= 15 is 0 Å². The number of benzene rings is 2. The monoisotopic (exact) mass is 423 g/mol. The van der Waals surface area contributed by atoms with Gasteiger partial charge in [0.2, 0.25) is 5.91 Å². The van der Waals surface area contributed by atoms with Gasteiger partial charge < -0.3 is 14.8 Å². The molecule has 2 aromatic carbocycles. The van der Waals surface area contributed by atoms with Crippen molar-refractivity contribution in [3.8, 4) is 11.5 Å². The van der Waals surface area contributed by atoms with Crippen LogP contribution in [0.2, 0.25) is 0 Å². The summed E-state index contributed by atoms with van der Waals surface area (Å²) in [4.78, 5) is 12.1. The Balaban J connectivity index is 2.12. The summed E-state index contributed by atoms with van der Waals surface area (Å²) in [6.07, 6.45) is 3.21. The van der Waals surface area contributed by atoms with E-state index in [1.54, 1.807) is 26.4 Å². The van der Waals surface area contributed by atoms with Crippen molar-refractivity contribution in [3.05, 3.63) is 57.2 Å². The molecule has 4 nitrogen and oxygen atoms in total. The van der Waals surface area contributed by atoms with Crippen LogP contribution in [0.25, 0.3) is 6.08 Å². The van der Waals surface area contributed by atoms with Gasteiger partial charge in [-0.25, -0.2) is 0 Å². The maximum atomic E-state index is 12.1. The van der Waals surface area contributed by atoms with E-state index in [-0.39, 0.29) is 5.91 Å². The molecule has 120 valence electrons. The standard InChI is InChI=1S/C18H18INO3/c1-12-10-14(19)6-8-16(12)20-18(21)9-5-13-4-7-15(22-2)11-17(13)23-3/h4-11H,1-3H3,(H,20,21)/b9-5+. The quantitative estimate of drug-likeness (QED) is 0.578. The van der Waals surface area contributed by atoms with Crippen molar-refractivity contribution >= 4 is 40.3 Å². The summed E-state index contributed by atoms with van der Waals surface area (Å²) in [7, 11) is 3.18. The fraction of sp³-hybridized carbons (Fsp3) is 0.167. The molecule has 0 unspecified atom stereocenters. The van der Waals surface area contributed by atoms with Crippen LogP contribution >= 0.6 is 22.6 Å². The SMILES string of the molecule is COc1ccc(/C=C/C(=O)Nc2ccc(I)cc2C)c(OC)c1. The summed E-state index contributed by atoms with van der Waals surface area (Å²) in [5.41, 5.74) is 2.64. The lowest BCUT2D eigenvalue weighted by Crippen LogP contribution is -2.09. The number of amides is 1. The van der Waals surface area contributed by atoms with Gasteiger partial charge in [-0.15, -0.1) is 0 Å². The summed E-state index contributed by atoms with van der Waals surface area (Å²) < 4.78 is 11.6. The van der Waals surface area contributed by atoms with E-state index < -0.39 is 0 Å². The van der Waals surface area contributed by atoms with Crippen molar-refractivity contribution in [3.63, 3.8) is 0 Å². The third-order valence-corrected chi connectivity index (χ3v) is 3.97. The molecule has 0 heterocycles. The summed E-state index contributed by atoms with van der Waals surface area (Å²) in [5, 5.41) is 2.87. The molecule has 1 amide bonds. The van der Waals surface area contributed by atoms with Crippen LogP contribution in [-0.4, -0.2) is 20.1 Å². The maximum absolute atomic E-state index is 12.1. The number of halogens is 1. The second-order valence-electron chi connectivity index (χ2n) is 4.89. The van der Waals surface area contributed by atoms with Crippen LogP contribution in [0.4, 0.5) is 5.69 Å². The maximum Gasteiger partial charge on any atom is 0.248 e. The molecule has 1 N–H and O–H groups in total. The predicted octanol–water partition coefficient (Wildman–Crippen LogP) is 4.27. The van der Waals surface area contributed by atoms with Crippen molar-refractivity contribution in [2.24, 2.45) is 0 Å². The van der Waals surface area contributed by atoms with Crippen molar-refractivity contribution in [2.75, 3.05) is 19.5 Å². The molecule has 0 radical (unpaired) electrons. The molecule has 0 saturated heterocycles. The van der Waals surface area contributed by atoms with Crippen LogP contribution in [0.15, 0.2) is 42.5 Å². The number of nitrogens with one attached hydrogen (secondary N) is 1. The molecule has 0 bridgehead atoms. The Morgan fingerprint density at radius 3 is 2.57 bits per heavy atom. The lowest BCUT2D eigenvalue weighted by atomic mass is 10.1. The Morgan fingerprint density at radius 2 is 1.91 bits per heavy atom. The first-order chi connectivity index (χ1) is 11.0. The topological polar surface area (TPSA) is 47.6 Å². The zero-order valence-electron chi connectivity index (χ0n) is 13.2. The minimum Gasteiger partial charge on any atom is -0.497 e. The number of anilines is 1. The second-order valence-corrected chi connectivity index (χ2v) is 6.14. The first kappa shape index (κ1) is 17.3. The number of hydrogen-bond donors (Lipinski definition) is 1. The fourth-order valence-corrected chi connectivity index (χ4v) is 2.71. The van der Waals surface area contributed by atoms with Crippen LogP contribution in [0.1, 0.15) is 11.1 Å². The molecular formula is C18H18INO3. The van der Waals surface area contributed by atoms with E-state index in [1.807, 2.05) is 37.3 Å². The number of carbonyl (C=O) groups is 1. The number of methoxy groups -OCH3 is 2. The summed E-state index contributed by atoms with van der Waals surface area (Å²) in [6.45, 7) is 1.97. The van der Waals surface area contributed by atoms with Crippen molar-refractivity contribution in [1.29, 1.82) is 0 Å². The van der Waals surface area contributed by atoms with Crippen LogP contribution in [0.3, 0.4) is 0 Å². The van der Waals surface area contributed by atoms with E-state index in [2.05, 4.69) is 27.9 Å². The molecule has 0 saturated carbocycles. The average molecular weight is 423 g/mol. The zero-order chi connectivity index (χ0) is 16.8. The Kier molecular flexibility index (Phi) is 6.04. The van der Waals surface area contributed by atoms with Gasteiger partial charge in [0.05, 0.1) is 14.2 Å². The highest BCUT2D eigenvalue weighted by Crippen LogP contribution is 2.25. The van der Waals surface area contributed by atoms with E-state index in [1.165, 1.54) is 6.08 Å². The first-order valence-electron chi connectivity index (χ1n) is 7.00. The Hall–Kier alpha value is -2.02. The van der Waals surface area contributed by atoms with Crippen LogP contribution < -0.4 is 14.8 Å². The van der Waals surface area contributed by atoms with E-state index in [0.717, 1.165) is 20.4 Å². The lowest BCUT2D eigenvalue weighted by molar-refractivity contribution is -0.111. The molecule has 0 atom stereocenters. The molecule has 0 fully saturated rings. The molecule has 0 aromatic heterocycles. The Bertz CT molecular complexity index is 741. The summed E-state index contributed by atoms with van der Waals surface area (Å²) in [5.74, 6) is 1.17. The minimum atomic E-state index is -0.188. The molecule has 0 aliphatic heterocycles. The normalized spacial score (nSPS) is 10.6. The molecular weight excluding hydrogens is 405 g/mol. The van der Waals surface area contributed by atoms with E-state index in [0.29, 0.717) is 11.5 Å². The number of rotatable bonds is 5. The summed E-state index contributed by atoms with van der Waals surface area (Å²) in [6, 6.07) is 11.3. The van der Waals surface area contributed by atoms with Gasteiger partial charge in [-0.2, -0.15) is 0 Å². The number of aryl methyl sites for hydroxylation is 1. The second kappa shape index (κ2) is 8.01.